The lowest BCUT2D eigenvalue weighted by Crippen LogP contribution is -1.92. The molecule has 0 atom stereocenters. The highest BCUT2D eigenvalue weighted by Crippen LogP contribution is 2.34. The van der Waals surface area contributed by atoms with Gasteiger partial charge in [0.25, 0.3) is 0 Å². The fraction of sp³-hybridized carbons (Fsp3) is 0.250. The average molecular weight is 311 g/mol. The van der Waals surface area contributed by atoms with Crippen LogP contribution in [0.1, 0.15) is 19.0 Å². The Balaban J connectivity index is 0.00000144. The second-order valence-corrected chi connectivity index (χ2v) is 4.82. The summed E-state index contributed by atoms with van der Waals surface area (Å²) >= 11 is 18.4. The van der Waals surface area contributed by atoms with Crippen molar-refractivity contribution in [1.82, 2.24) is 4.98 Å². The van der Waals surface area contributed by atoms with Crippen LogP contribution in [0, 0.1) is 0 Å². The lowest BCUT2D eigenvalue weighted by molar-refractivity contribution is 0.890. The van der Waals surface area contributed by atoms with Crippen molar-refractivity contribution in [2.24, 2.45) is 0 Å². The van der Waals surface area contributed by atoms with E-state index >= 15 is 0 Å². The summed E-state index contributed by atoms with van der Waals surface area (Å²) in [6.07, 6.45) is 1.91. The van der Waals surface area contributed by atoms with E-state index in [9.17, 15) is 0 Å². The molecule has 5 heteroatoms. The number of aromatic nitrogens is 1. The van der Waals surface area contributed by atoms with Crippen molar-refractivity contribution in [2.75, 3.05) is 0 Å². The van der Waals surface area contributed by atoms with Crippen LogP contribution in [0.5, 0.6) is 0 Å². The fourth-order valence-electron chi connectivity index (χ4n) is 1.66. The summed E-state index contributed by atoms with van der Waals surface area (Å²) in [5.41, 5.74) is 1.63. The van der Waals surface area contributed by atoms with E-state index in [1.807, 2.05) is 6.07 Å². The maximum absolute atomic E-state index is 6.19. The molecule has 0 aliphatic carbocycles. The normalized spacial score (nSPS) is 10.4. The Morgan fingerprint density at radius 2 is 1.71 bits per heavy atom. The molecule has 2 rings (SSSR count). The summed E-state index contributed by atoms with van der Waals surface area (Å²) in [4.78, 5) is 4.49. The maximum Gasteiger partial charge on any atom is 0.0921 e. The topological polar surface area (TPSA) is 12.9 Å². The van der Waals surface area contributed by atoms with Crippen molar-refractivity contribution in [2.45, 2.75) is 19.8 Å². The molecule has 1 nitrogen and oxygen atoms in total. The van der Waals surface area contributed by atoms with E-state index in [-0.39, 0.29) is 12.4 Å². The summed E-state index contributed by atoms with van der Waals surface area (Å²) in [5, 5.41) is 2.51. The van der Waals surface area contributed by atoms with Crippen LogP contribution in [-0.4, -0.2) is 4.98 Å². The van der Waals surface area contributed by atoms with Crippen molar-refractivity contribution < 1.29 is 0 Å². The molecule has 1 aromatic heterocycles. The van der Waals surface area contributed by atoms with Gasteiger partial charge in [-0.05, 0) is 24.6 Å². The molecule has 1 aromatic carbocycles. The number of hydrogen-bond acceptors (Lipinski definition) is 1. The number of aryl methyl sites for hydroxylation is 1. The Labute approximate surface area is 121 Å². The summed E-state index contributed by atoms with van der Waals surface area (Å²) in [5.74, 6) is 0. The molecule has 0 amide bonds. The van der Waals surface area contributed by atoms with Gasteiger partial charge in [0.05, 0.1) is 20.6 Å². The molecule has 0 radical (unpaired) electrons. The smallest absolute Gasteiger partial charge is 0.0921 e. The number of rotatable bonds is 2. The molecule has 2 aromatic rings. The Morgan fingerprint density at radius 3 is 2.35 bits per heavy atom. The molecule has 0 unspecified atom stereocenters. The second-order valence-electron chi connectivity index (χ2n) is 3.60. The Hall–Kier alpha value is -0.210. The number of nitrogens with zero attached hydrogens (tertiary/aromatic N) is 1. The zero-order valence-electron chi connectivity index (χ0n) is 9.14. The van der Waals surface area contributed by atoms with Crippen LogP contribution in [-0.2, 0) is 6.42 Å². The standard InChI is InChI=1S/C12H10Cl3N.ClH/c1-2-3-7-6-10(15)11-8(13)4-5-9(14)12(11)16-7;/h4-6H,2-3H2,1H3;1H. The number of hydrogen-bond donors (Lipinski definition) is 0. The molecular weight excluding hydrogens is 300 g/mol. The largest absolute Gasteiger partial charge is 0.251 e. The van der Waals surface area contributed by atoms with Crippen molar-refractivity contribution in [1.29, 1.82) is 0 Å². The molecule has 0 spiro atoms. The van der Waals surface area contributed by atoms with Gasteiger partial charge in [0, 0.05) is 11.1 Å². The molecule has 92 valence electrons. The SMILES string of the molecule is CCCc1cc(Cl)c2c(Cl)ccc(Cl)c2n1.Cl. The van der Waals surface area contributed by atoms with Crippen molar-refractivity contribution in [3.05, 3.63) is 39.0 Å². The van der Waals surface area contributed by atoms with E-state index in [1.165, 1.54) is 0 Å². The number of benzene rings is 1. The van der Waals surface area contributed by atoms with E-state index in [4.69, 9.17) is 34.8 Å². The van der Waals surface area contributed by atoms with Crippen molar-refractivity contribution >= 4 is 58.1 Å². The van der Waals surface area contributed by atoms with Crippen molar-refractivity contribution in [3.63, 3.8) is 0 Å². The van der Waals surface area contributed by atoms with Gasteiger partial charge < -0.3 is 0 Å². The lowest BCUT2D eigenvalue weighted by Gasteiger charge is -2.07. The first-order valence-corrected chi connectivity index (χ1v) is 6.20. The molecule has 0 fully saturated rings. The third-order valence-electron chi connectivity index (χ3n) is 2.37. The second kappa shape index (κ2) is 6.10. The zero-order chi connectivity index (χ0) is 11.7. The quantitative estimate of drug-likeness (QED) is 0.706. The first-order valence-electron chi connectivity index (χ1n) is 5.06. The van der Waals surface area contributed by atoms with Gasteiger partial charge in [-0.3, -0.25) is 4.98 Å². The van der Waals surface area contributed by atoms with E-state index < -0.39 is 0 Å². The van der Waals surface area contributed by atoms with Crippen LogP contribution in [0.2, 0.25) is 15.1 Å². The predicted molar refractivity (Wildman–Crippen MR) is 78.0 cm³/mol. The summed E-state index contributed by atoms with van der Waals surface area (Å²) in [6.45, 7) is 2.10. The highest BCUT2D eigenvalue weighted by Gasteiger charge is 2.10. The Bertz CT molecular complexity index is 540. The van der Waals surface area contributed by atoms with Gasteiger partial charge in [-0.2, -0.15) is 0 Å². The van der Waals surface area contributed by atoms with Crippen LogP contribution in [0.4, 0.5) is 0 Å². The van der Waals surface area contributed by atoms with E-state index in [2.05, 4.69) is 11.9 Å². The van der Waals surface area contributed by atoms with Crippen LogP contribution in [0.15, 0.2) is 18.2 Å². The van der Waals surface area contributed by atoms with Crippen molar-refractivity contribution in [3.8, 4) is 0 Å². The highest BCUT2D eigenvalue weighted by atomic mass is 35.5. The molecule has 0 aliphatic heterocycles. The first kappa shape index (κ1) is 14.8. The molecule has 1 heterocycles. The van der Waals surface area contributed by atoms with E-state index in [1.54, 1.807) is 12.1 Å². The highest BCUT2D eigenvalue weighted by molar-refractivity contribution is 6.44. The van der Waals surface area contributed by atoms with E-state index in [0.29, 0.717) is 20.6 Å². The van der Waals surface area contributed by atoms with Crippen LogP contribution in [0.25, 0.3) is 10.9 Å². The third kappa shape index (κ3) is 2.97. The molecular formula is C12H11Cl4N. The molecule has 0 bridgehead atoms. The minimum Gasteiger partial charge on any atom is -0.251 e. The minimum absolute atomic E-state index is 0. The molecule has 0 saturated heterocycles. The summed E-state index contributed by atoms with van der Waals surface area (Å²) in [7, 11) is 0. The summed E-state index contributed by atoms with van der Waals surface area (Å²) < 4.78 is 0. The van der Waals surface area contributed by atoms with Gasteiger partial charge >= 0.3 is 0 Å². The Kier molecular flexibility index (Phi) is 5.33. The Morgan fingerprint density at radius 1 is 1.06 bits per heavy atom. The fourth-order valence-corrected chi connectivity index (χ4v) is 2.48. The number of halogens is 4. The minimum atomic E-state index is 0. The molecule has 17 heavy (non-hydrogen) atoms. The summed E-state index contributed by atoms with van der Waals surface area (Å²) in [6, 6.07) is 5.33. The maximum atomic E-state index is 6.19. The van der Waals surface area contributed by atoms with Crippen LogP contribution in [0.3, 0.4) is 0 Å². The molecule has 0 N–H and O–H groups in total. The number of fused-ring (bicyclic) bond motifs is 1. The van der Waals surface area contributed by atoms with Gasteiger partial charge in [0.15, 0.2) is 0 Å². The molecule has 0 aliphatic rings. The first-order chi connectivity index (χ1) is 7.63. The van der Waals surface area contributed by atoms with E-state index in [0.717, 1.165) is 23.9 Å². The predicted octanol–water partition coefficient (Wildman–Crippen LogP) is 5.57. The van der Waals surface area contributed by atoms with Crippen LogP contribution < -0.4 is 0 Å². The van der Waals surface area contributed by atoms with Gasteiger partial charge in [-0.25, -0.2) is 0 Å². The van der Waals surface area contributed by atoms with Gasteiger partial charge in [0.1, 0.15) is 0 Å². The van der Waals surface area contributed by atoms with Crippen LogP contribution >= 0.6 is 47.2 Å². The molecule has 0 saturated carbocycles. The lowest BCUT2D eigenvalue weighted by atomic mass is 10.1. The number of pyridine rings is 1. The average Bonchev–Trinajstić information content (AvgIpc) is 2.23. The monoisotopic (exact) mass is 309 g/mol. The third-order valence-corrected chi connectivity index (χ3v) is 3.29. The van der Waals surface area contributed by atoms with Gasteiger partial charge in [-0.1, -0.05) is 48.1 Å². The van der Waals surface area contributed by atoms with Gasteiger partial charge in [0.2, 0.25) is 0 Å². The van der Waals surface area contributed by atoms with Gasteiger partial charge in [-0.15, -0.1) is 12.4 Å². The zero-order valence-corrected chi connectivity index (χ0v) is 12.2.